The molecule has 204 valence electrons. The zero-order chi connectivity index (χ0) is 26.9. The van der Waals surface area contributed by atoms with Gasteiger partial charge in [0.15, 0.2) is 0 Å². The molecule has 4 rings (SSSR count). The van der Waals surface area contributed by atoms with Crippen molar-refractivity contribution in [3.63, 3.8) is 0 Å². The van der Waals surface area contributed by atoms with Crippen molar-refractivity contribution in [2.24, 2.45) is 0 Å². The van der Waals surface area contributed by atoms with Gasteiger partial charge in [-0.15, -0.1) is 0 Å². The van der Waals surface area contributed by atoms with E-state index in [0.717, 1.165) is 63.4 Å². The molecule has 0 radical (unpaired) electrons. The molecular formula is C29H38N4O5. The van der Waals surface area contributed by atoms with Crippen molar-refractivity contribution >= 4 is 18.1 Å². The second-order valence-electron chi connectivity index (χ2n) is 9.89. The van der Waals surface area contributed by atoms with Crippen LogP contribution >= 0.6 is 0 Å². The van der Waals surface area contributed by atoms with Crippen molar-refractivity contribution in [3.8, 4) is 5.75 Å². The lowest BCUT2D eigenvalue weighted by atomic mass is 10.1. The standard InChI is InChI=1S/C29H38N4O5/c1-30-28(35)26(6-4-16-34)33-20-25-24(29(33)36)5-3-7-27(25)38-21-23-10-8-22(9-11-23)19-31(2)12-13-32-14-17-37-18-15-32/h3,5,7-11,16,26H,4,6,12-15,17-21H2,1-2H3,(H,30,35). The van der Waals surface area contributed by atoms with Crippen molar-refractivity contribution in [2.75, 3.05) is 53.5 Å². The summed E-state index contributed by atoms with van der Waals surface area (Å²) in [5.74, 6) is 0.144. The van der Waals surface area contributed by atoms with E-state index in [2.05, 4.69) is 46.4 Å². The van der Waals surface area contributed by atoms with Gasteiger partial charge < -0.3 is 29.4 Å². The largest absolute Gasteiger partial charge is 0.489 e. The number of rotatable bonds is 13. The van der Waals surface area contributed by atoms with Crippen molar-refractivity contribution in [3.05, 3.63) is 64.7 Å². The number of ether oxygens (including phenoxy) is 2. The van der Waals surface area contributed by atoms with Gasteiger partial charge in [0, 0.05) is 57.3 Å². The van der Waals surface area contributed by atoms with Crippen molar-refractivity contribution in [2.45, 2.75) is 38.6 Å². The van der Waals surface area contributed by atoms with Gasteiger partial charge >= 0.3 is 0 Å². The number of nitrogens with one attached hydrogen (secondary N) is 1. The number of nitrogens with zero attached hydrogens (tertiary/aromatic N) is 3. The summed E-state index contributed by atoms with van der Waals surface area (Å²) in [6.45, 7) is 7.26. The molecule has 0 aromatic heterocycles. The van der Waals surface area contributed by atoms with E-state index in [4.69, 9.17) is 9.47 Å². The van der Waals surface area contributed by atoms with Gasteiger partial charge in [-0.2, -0.15) is 0 Å². The molecule has 0 spiro atoms. The summed E-state index contributed by atoms with van der Waals surface area (Å²) < 4.78 is 11.6. The maximum Gasteiger partial charge on any atom is 0.255 e. The molecular weight excluding hydrogens is 484 g/mol. The van der Waals surface area contributed by atoms with Crippen molar-refractivity contribution in [1.29, 1.82) is 0 Å². The van der Waals surface area contributed by atoms with Crippen LogP contribution in [0.3, 0.4) is 0 Å². The highest BCUT2D eigenvalue weighted by atomic mass is 16.5. The van der Waals surface area contributed by atoms with Gasteiger partial charge in [0.25, 0.3) is 5.91 Å². The zero-order valence-corrected chi connectivity index (χ0v) is 22.4. The number of aldehydes is 1. The van der Waals surface area contributed by atoms with Gasteiger partial charge in [-0.1, -0.05) is 30.3 Å². The summed E-state index contributed by atoms with van der Waals surface area (Å²) in [6.07, 6.45) is 1.27. The number of likely N-dealkylation sites (N-methyl/N-ethyl adjacent to an activating group) is 2. The van der Waals surface area contributed by atoms with E-state index in [9.17, 15) is 14.4 Å². The van der Waals surface area contributed by atoms with Crippen LogP contribution in [0.1, 0.15) is 39.9 Å². The van der Waals surface area contributed by atoms with Gasteiger partial charge in [-0.05, 0) is 36.7 Å². The molecule has 0 bridgehead atoms. The van der Waals surface area contributed by atoms with Gasteiger partial charge in [-0.25, -0.2) is 0 Å². The monoisotopic (exact) mass is 522 g/mol. The van der Waals surface area contributed by atoms with E-state index in [0.29, 0.717) is 17.9 Å². The Morgan fingerprint density at radius 2 is 1.89 bits per heavy atom. The second kappa shape index (κ2) is 13.5. The highest BCUT2D eigenvalue weighted by molar-refractivity contribution is 6.01. The maximum atomic E-state index is 13.1. The summed E-state index contributed by atoms with van der Waals surface area (Å²) in [4.78, 5) is 42.8. The number of carbonyl (C=O) groups is 3. The molecule has 0 saturated carbocycles. The van der Waals surface area contributed by atoms with E-state index in [1.807, 2.05) is 6.07 Å². The predicted octanol–water partition coefficient (Wildman–Crippen LogP) is 2.08. The molecule has 2 aliphatic heterocycles. The lowest BCUT2D eigenvalue weighted by Crippen LogP contribution is -2.46. The first-order chi connectivity index (χ1) is 18.5. The highest BCUT2D eigenvalue weighted by Gasteiger charge is 2.37. The molecule has 2 amide bonds. The maximum absolute atomic E-state index is 13.1. The third-order valence-electron chi connectivity index (χ3n) is 7.21. The molecule has 0 aliphatic carbocycles. The Balaban J connectivity index is 1.32. The molecule has 9 heteroatoms. The van der Waals surface area contributed by atoms with Crippen LogP contribution in [0.5, 0.6) is 5.75 Å². The van der Waals surface area contributed by atoms with Crippen LogP contribution < -0.4 is 10.1 Å². The fourth-order valence-corrected chi connectivity index (χ4v) is 4.96. The zero-order valence-electron chi connectivity index (χ0n) is 22.4. The second-order valence-corrected chi connectivity index (χ2v) is 9.89. The number of fused-ring (bicyclic) bond motifs is 1. The van der Waals surface area contributed by atoms with Crippen molar-refractivity contribution < 1.29 is 23.9 Å². The fraction of sp³-hybridized carbons (Fsp3) is 0.483. The molecule has 2 heterocycles. The fourth-order valence-electron chi connectivity index (χ4n) is 4.96. The molecule has 1 atom stereocenters. The first kappa shape index (κ1) is 27.8. The van der Waals surface area contributed by atoms with E-state index in [-0.39, 0.29) is 31.2 Å². The van der Waals surface area contributed by atoms with E-state index < -0.39 is 6.04 Å². The average molecular weight is 523 g/mol. The summed E-state index contributed by atoms with van der Waals surface area (Å²) >= 11 is 0. The first-order valence-corrected chi connectivity index (χ1v) is 13.3. The minimum Gasteiger partial charge on any atom is -0.489 e. The van der Waals surface area contributed by atoms with Crippen LogP contribution in [0.15, 0.2) is 42.5 Å². The van der Waals surface area contributed by atoms with Gasteiger partial charge in [0.2, 0.25) is 5.91 Å². The average Bonchev–Trinajstić information content (AvgIpc) is 3.28. The Bertz CT molecular complexity index is 1100. The number of morpholine rings is 1. The summed E-state index contributed by atoms with van der Waals surface area (Å²) in [6, 6.07) is 13.1. The smallest absolute Gasteiger partial charge is 0.255 e. The molecule has 2 aromatic rings. The molecule has 2 aromatic carbocycles. The van der Waals surface area contributed by atoms with Crippen LogP contribution in [0.4, 0.5) is 0 Å². The van der Waals surface area contributed by atoms with Crippen LogP contribution in [-0.4, -0.2) is 92.3 Å². The van der Waals surface area contributed by atoms with Crippen molar-refractivity contribution in [1.82, 2.24) is 20.0 Å². The number of hydrogen-bond acceptors (Lipinski definition) is 7. The molecule has 38 heavy (non-hydrogen) atoms. The van der Waals surface area contributed by atoms with Crippen LogP contribution in [0.25, 0.3) is 0 Å². The molecule has 2 aliphatic rings. The molecule has 9 nitrogen and oxygen atoms in total. The molecule has 1 fully saturated rings. The topological polar surface area (TPSA) is 91.4 Å². The Morgan fingerprint density at radius 3 is 2.61 bits per heavy atom. The summed E-state index contributed by atoms with van der Waals surface area (Å²) in [5, 5.41) is 2.61. The van der Waals surface area contributed by atoms with Gasteiger partial charge in [0.05, 0.1) is 19.8 Å². The molecule has 1 saturated heterocycles. The minimum atomic E-state index is -0.697. The van der Waals surface area contributed by atoms with Gasteiger partial charge in [0.1, 0.15) is 24.7 Å². The predicted molar refractivity (Wildman–Crippen MR) is 144 cm³/mol. The van der Waals surface area contributed by atoms with Crippen LogP contribution in [0, 0.1) is 0 Å². The Morgan fingerprint density at radius 1 is 1.16 bits per heavy atom. The highest BCUT2D eigenvalue weighted by Crippen LogP contribution is 2.33. The SMILES string of the molecule is CNC(=O)C(CCC=O)N1Cc2c(OCc3ccc(CN(C)CCN4CCOCC4)cc3)cccc2C1=O. The lowest BCUT2D eigenvalue weighted by Gasteiger charge is -2.28. The number of hydrogen-bond donors (Lipinski definition) is 1. The van der Waals surface area contributed by atoms with E-state index in [1.54, 1.807) is 12.1 Å². The lowest BCUT2D eigenvalue weighted by molar-refractivity contribution is -0.125. The number of carbonyl (C=O) groups excluding carboxylic acids is 3. The Labute approximate surface area is 224 Å². The molecule has 1 unspecified atom stereocenters. The third kappa shape index (κ3) is 6.98. The van der Waals surface area contributed by atoms with E-state index >= 15 is 0 Å². The van der Waals surface area contributed by atoms with Crippen LogP contribution in [-0.2, 0) is 34.0 Å². The molecule has 1 N–H and O–H groups in total. The summed E-state index contributed by atoms with van der Waals surface area (Å²) in [5.41, 5.74) is 3.60. The quantitative estimate of drug-likeness (QED) is 0.403. The first-order valence-electron chi connectivity index (χ1n) is 13.3. The third-order valence-corrected chi connectivity index (χ3v) is 7.21. The minimum absolute atomic E-state index is 0.210. The number of amides is 2. The number of benzene rings is 2. The Hall–Kier alpha value is -3.27. The Kier molecular flexibility index (Phi) is 9.86. The summed E-state index contributed by atoms with van der Waals surface area (Å²) in [7, 11) is 3.68. The van der Waals surface area contributed by atoms with Crippen LogP contribution in [0.2, 0.25) is 0 Å². The van der Waals surface area contributed by atoms with E-state index in [1.165, 1.54) is 17.5 Å². The normalized spacial score (nSPS) is 16.4. The van der Waals surface area contributed by atoms with Gasteiger partial charge in [-0.3, -0.25) is 14.5 Å².